The van der Waals surface area contributed by atoms with Crippen molar-refractivity contribution in [2.24, 2.45) is 17.8 Å². The molecule has 0 bridgehead atoms. The standard InChI is InChI=1S/C74H144O17P2/c1-8-9-10-11-12-13-14-15-18-22-25-28-33-41-48-55-71(76)84-61-69(90-73(78)57-50-43-34-29-26-23-20-17-16-19-21-24-27-31-38-45-52-65(2)3)63-88-92(80,81)86-59-68(75)60-87-93(82,83)89-64-70(62-85-72(77)56-49-42-37-36-40-47-54-67(6)7)91-74(79)58-51-44-35-30-32-39-46-53-66(4)5/h65-70,75H,8-64H2,1-7H3,(H,80,81)(H,82,83)/t68-,69-,70-/m1/s1. The van der Waals surface area contributed by atoms with Crippen LogP contribution in [-0.2, 0) is 65.4 Å². The van der Waals surface area contributed by atoms with E-state index in [-0.39, 0.29) is 25.7 Å². The van der Waals surface area contributed by atoms with Crippen LogP contribution < -0.4 is 0 Å². The van der Waals surface area contributed by atoms with Gasteiger partial charge in [-0.2, -0.15) is 0 Å². The third-order valence-corrected chi connectivity index (χ3v) is 19.0. The van der Waals surface area contributed by atoms with Crippen LogP contribution in [0.25, 0.3) is 0 Å². The highest BCUT2D eigenvalue weighted by atomic mass is 31.2. The molecule has 0 aromatic rings. The van der Waals surface area contributed by atoms with Gasteiger partial charge in [-0.05, 0) is 43.4 Å². The minimum atomic E-state index is -4.96. The van der Waals surface area contributed by atoms with Crippen LogP contribution in [0.1, 0.15) is 376 Å². The number of carbonyl (C=O) groups excluding carboxylic acids is 4. The number of carbonyl (C=O) groups is 4. The normalized spacial score (nSPS) is 14.1. The molecule has 0 spiro atoms. The van der Waals surface area contributed by atoms with Crippen molar-refractivity contribution in [2.75, 3.05) is 39.6 Å². The maximum absolute atomic E-state index is 13.1. The Morgan fingerprint density at radius 3 is 0.731 bits per heavy atom. The molecule has 0 amide bonds. The number of hydrogen-bond acceptors (Lipinski definition) is 15. The van der Waals surface area contributed by atoms with Crippen LogP contribution in [0.3, 0.4) is 0 Å². The topological polar surface area (TPSA) is 237 Å². The molecular formula is C74H144O17P2. The SMILES string of the molecule is CCCCCCCCCCCCCCCCCC(=O)OC[C@H](COP(=O)(O)OC[C@@H](O)COP(=O)(O)OC[C@@H](COC(=O)CCCCCCCCC(C)C)OC(=O)CCCCCCCCCC(C)C)OC(=O)CCCCCCCCCCCCCCCCCCC(C)C. The zero-order valence-electron chi connectivity index (χ0n) is 60.7. The number of ether oxygens (including phenoxy) is 4. The summed E-state index contributed by atoms with van der Waals surface area (Å²) in [5.41, 5.74) is 0. The lowest BCUT2D eigenvalue weighted by atomic mass is 10.0. The van der Waals surface area contributed by atoms with Gasteiger partial charge in [0.05, 0.1) is 26.4 Å². The molecular weight excluding hydrogens is 1220 g/mol. The van der Waals surface area contributed by atoms with E-state index in [0.717, 1.165) is 102 Å². The summed E-state index contributed by atoms with van der Waals surface area (Å²) in [7, 11) is -9.91. The van der Waals surface area contributed by atoms with E-state index in [4.69, 9.17) is 37.0 Å². The van der Waals surface area contributed by atoms with Crippen molar-refractivity contribution in [2.45, 2.75) is 394 Å². The second-order valence-corrected chi connectivity index (χ2v) is 31.0. The fourth-order valence-corrected chi connectivity index (χ4v) is 12.8. The van der Waals surface area contributed by atoms with Gasteiger partial charge in [-0.15, -0.1) is 0 Å². The van der Waals surface area contributed by atoms with E-state index in [0.29, 0.717) is 37.5 Å². The van der Waals surface area contributed by atoms with Crippen LogP contribution in [-0.4, -0.2) is 96.7 Å². The molecule has 0 aliphatic heterocycles. The molecule has 3 N–H and O–H groups in total. The first-order chi connectivity index (χ1) is 44.7. The third kappa shape index (κ3) is 68.4. The fourth-order valence-electron chi connectivity index (χ4n) is 11.2. The molecule has 0 aromatic heterocycles. The van der Waals surface area contributed by atoms with Crippen LogP contribution in [0.15, 0.2) is 0 Å². The number of phosphoric acid groups is 2. The van der Waals surface area contributed by atoms with Gasteiger partial charge in [-0.25, -0.2) is 9.13 Å². The molecule has 0 saturated carbocycles. The van der Waals surface area contributed by atoms with Crippen LogP contribution in [0, 0.1) is 17.8 Å². The summed E-state index contributed by atoms with van der Waals surface area (Å²) in [6.07, 6.45) is 50.3. The second kappa shape index (κ2) is 64.7. The van der Waals surface area contributed by atoms with Crippen molar-refractivity contribution in [1.29, 1.82) is 0 Å². The van der Waals surface area contributed by atoms with E-state index in [2.05, 4.69) is 48.5 Å². The van der Waals surface area contributed by atoms with Gasteiger partial charge in [-0.1, -0.05) is 325 Å². The largest absolute Gasteiger partial charge is 0.472 e. The highest BCUT2D eigenvalue weighted by Gasteiger charge is 2.30. The number of aliphatic hydroxyl groups excluding tert-OH is 1. The van der Waals surface area contributed by atoms with E-state index in [9.17, 15) is 43.2 Å². The van der Waals surface area contributed by atoms with Crippen molar-refractivity contribution < 1.29 is 80.2 Å². The molecule has 552 valence electrons. The van der Waals surface area contributed by atoms with E-state index in [1.54, 1.807) is 0 Å². The maximum Gasteiger partial charge on any atom is 0.472 e. The van der Waals surface area contributed by atoms with Gasteiger partial charge in [0, 0.05) is 25.7 Å². The molecule has 17 nitrogen and oxygen atoms in total. The van der Waals surface area contributed by atoms with Gasteiger partial charge < -0.3 is 33.8 Å². The monoisotopic (exact) mass is 1370 g/mol. The molecule has 0 aromatic carbocycles. The minimum Gasteiger partial charge on any atom is -0.462 e. The summed E-state index contributed by atoms with van der Waals surface area (Å²) in [6.45, 7) is 11.8. The summed E-state index contributed by atoms with van der Waals surface area (Å²) in [5, 5.41) is 10.6. The van der Waals surface area contributed by atoms with Crippen LogP contribution in [0.4, 0.5) is 0 Å². The molecule has 5 atom stereocenters. The van der Waals surface area contributed by atoms with E-state index in [1.165, 1.54) is 180 Å². The van der Waals surface area contributed by atoms with Gasteiger partial charge >= 0.3 is 39.5 Å². The van der Waals surface area contributed by atoms with Gasteiger partial charge in [0.15, 0.2) is 12.2 Å². The zero-order chi connectivity index (χ0) is 68.7. The highest BCUT2D eigenvalue weighted by molar-refractivity contribution is 7.47. The van der Waals surface area contributed by atoms with E-state index >= 15 is 0 Å². The Kier molecular flexibility index (Phi) is 63.4. The first-order valence-corrected chi connectivity index (χ1v) is 41.3. The lowest BCUT2D eigenvalue weighted by molar-refractivity contribution is -0.161. The summed E-state index contributed by atoms with van der Waals surface area (Å²) in [6, 6.07) is 0. The van der Waals surface area contributed by atoms with Gasteiger partial charge in [0.25, 0.3) is 0 Å². The average molecular weight is 1370 g/mol. The summed E-state index contributed by atoms with van der Waals surface area (Å²) in [5.74, 6) is 0.0598. The number of aliphatic hydroxyl groups is 1. The molecule has 0 rings (SSSR count). The average Bonchev–Trinajstić information content (AvgIpc) is 3.23. The third-order valence-electron chi connectivity index (χ3n) is 17.1. The Hall–Kier alpha value is -1.94. The molecule has 0 saturated heterocycles. The Labute approximate surface area is 568 Å². The predicted molar refractivity (Wildman–Crippen MR) is 377 cm³/mol. The number of hydrogen-bond donors (Lipinski definition) is 3. The van der Waals surface area contributed by atoms with Gasteiger partial charge in [0.2, 0.25) is 0 Å². The van der Waals surface area contributed by atoms with Crippen molar-refractivity contribution in [3.05, 3.63) is 0 Å². The van der Waals surface area contributed by atoms with Crippen LogP contribution in [0.2, 0.25) is 0 Å². The second-order valence-electron chi connectivity index (χ2n) is 28.1. The molecule has 0 aliphatic carbocycles. The Bertz CT molecular complexity index is 1820. The maximum atomic E-state index is 13.1. The van der Waals surface area contributed by atoms with E-state index < -0.39 is 97.5 Å². The molecule has 93 heavy (non-hydrogen) atoms. The number of unbranched alkanes of at least 4 members (excludes halogenated alkanes) is 40. The highest BCUT2D eigenvalue weighted by Crippen LogP contribution is 2.45. The Balaban J connectivity index is 5.21. The summed E-state index contributed by atoms with van der Waals surface area (Å²) < 4.78 is 68.4. The fraction of sp³-hybridized carbons (Fsp3) is 0.946. The van der Waals surface area contributed by atoms with Crippen molar-refractivity contribution in [3.63, 3.8) is 0 Å². The quantitative estimate of drug-likeness (QED) is 0.0222. The first-order valence-electron chi connectivity index (χ1n) is 38.3. The molecule has 19 heteroatoms. The summed E-state index contributed by atoms with van der Waals surface area (Å²) in [4.78, 5) is 72.6. The molecule has 2 unspecified atom stereocenters. The lowest BCUT2D eigenvalue weighted by Crippen LogP contribution is -2.30. The number of rotatable bonds is 72. The number of esters is 4. The van der Waals surface area contributed by atoms with E-state index in [1.807, 2.05) is 0 Å². The van der Waals surface area contributed by atoms with Gasteiger partial charge in [0.1, 0.15) is 19.3 Å². The van der Waals surface area contributed by atoms with Crippen molar-refractivity contribution in [3.8, 4) is 0 Å². The number of phosphoric ester groups is 2. The lowest BCUT2D eigenvalue weighted by Gasteiger charge is -2.21. The van der Waals surface area contributed by atoms with Crippen LogP contribution >= 0.6 is 15.6 Å². The first kappa shape index (κ1) is 91.1. The van der Waals surface area contributed by atoms with Crippen molar-refractivity contribution >= 4 is 39.5 Å². The molecule has 0 heterocycles. The zero-order valence-corrected chi connectivity index (χ0v) is 62.5. The molecule has 0 radical (unpaired) electrons. The molecule has 0 aliphatic rings. The Morgan fingerprint density at radius 2 is 0.495 bits per heavy atom. The smallest absolute Gasteiger partial charge is 0.462 e. The summed E-state index contributed by atoms with van der Waals surface area (Å²) >= 11 is 0. The predicted octanol–water partition coefficient (Wildman–Crippen LogP) is 21.4. The Morgan fingerprint density at radius 1 is 0.290 bits per heavy atom. The van der Waals surface area contributed by atoms with Crippen molar-refractivity contribution in [1.82, 2.24) is 0 Å². The molecule has 0 fully saturated rings. The van der Waals surface area contributed by atoms with Gasteiger partial charge in [-0.3, -0.25) is 37.3 Å². The minimum absolute atomic E-state index is 0.102. The van der Waals surface area contributed by atoms with Crippen LogP contribution in [0.5, 0.6) is 0 Å².